The van der Waals surface area contributed by atoms with Gasteiger partial charge in [-0.05, 0) is 36.8 Å². The molecule has 5 heteroatoms. The molecule has 2 aromatic rings. The number of nitrogens with zero attached hydrogens (tertiary/aromatic N) is 1. The van der Waals surface area contributed by atoms with Gasteiger partial charge in [0.2, 0.25) is 5.91 Å². The maximum atomic E-state index is 12.4. The summed E-state index contributed by atoms with van der Waals surface area (Å²) in [7, 11) is 0. The fourth-order valence-electron chi connectivity index (χ4n) is 2.55. The molecule has 0 saturated carbocycles. The number of amides is 2. The zero-order valence-electron chi connectivity index (χ0n) is 11.8. The highest BCUT2D eigenvalue weighted by Crippen LogP contribution is 2.21. The van der Waals surface area contributed by atoms with E-state index in [1.54, 1.807) is 23.1 Å². The summed E-state index contributed by atoms with van der Waals surface area (Å²) in [5.41, 5.74) is 1.41. The molecule has 3 rings (SSSR count). The van der Waals surface area contributed by atoms with E-state index in [1.807, 2.05) is 36.4 Å². The van der Waals surface area contributed by atoms with Crippen LogP contribution < -0.4 is 10.2 Å². The van der Waals surface area contributed by atoms with Crippen LogP contribution >= 0.6 is 15.9 Å². The van der Waals surface area contributed by atoms with E-state index in [1.165, 1.54) is 0 Å². The lowest BCUT2D eigenvalue weighted by atomic mass is 10.2. The molecule has 1 aliphatic rings. The molecule has 0 radical (unpaired) electrons. The summed E-state index contributed by atoms with van der Waals surface area (Å²) in [6.45, 7) is 0.617. The van der Waals surface area contributed by atoms with Gasteiger partial charge in [0.05, 0.1) is 0 Å². The first-order valence-corrected chi connectivity index (χ1v) is 7.87. The molecule has 0 unspecified atom stereocenters. The molecule has 1 atom stereocenters. The third kappa shape index (κ3) is 3.04. The van der Waals surface area contributed by atoms with Crippen LogP contribution in [-0.4, -0.2) is 24.4 Å². The van der Waals surface area contributed by atoms with Gasteiger partial charge in [-0.15, -0.1) is 0 Å². The second kappa shape index (κ2) is 6.32. The van der Waals surface area contributed by atoms with Crippen LogP contribution in [0.4, 0.5) is 5.69 Å². The fourth-order valence-corrected chi connectivity index (χ4v) is 2.95. The van der Waals surface area contributed by atoms with Gasteiger partial charge >= 0.3 is 0 Å². The molecule has 1 aliphatic heterocycles. The quantitative estimate of drug-likeness (QED) is 0.916. The molecule has 22 heavy (non-hydrogen) atoms. The number of rotatable bonds is 3. The molecule has 0 bridgehead atoms. The van der Waals surface area contributed by atoms with Gasteiger partial charge in [-0.1, -0.05) is 40.2 Å². The summed E-state index contributed by atoms with van der Waals surface area (Å²) in [6, 6.07) is 16.2. The summed E-state index contributed by atoms with van der Waals surface area (Å²) in [4.78, 5) is 26.4. The monoisotopic (exact) mass is 358 g/mol. The summed E-state index contributed by atoms with van der Waals surface area (Å²) in [6.07, 6.45) is 0.619. The largest absolute Gasteiger partial charge is 0.340 e. The van der Waals surface area contributed by atoms with Crippen molar-refractivity contribution in [3.63, 3.8) is 0 Å². The summed E-state index contributed by atoms with van der Waals surface area (Å²) < 4.78 is 0.837. The summed E-state index contributed by atoms with van der Waals surface area (Å²) in [5, 5.41) is 2.82. The van der Waals surface area contributed by atoms with E-state index in [0.29, 0.717) is 18.5 Å². The molecule has 1 heterocycles. The Morgan fingerprint density at radius 1 is 1.14 bits per heavy atom. The standard InChI is InChI=1S/C17H15BrN2O2/c18-13-6-4-5-12(11-13)16(21)19-15-9-10-20(17(15)22)14-7-2-1-3-8-14/h1-8,11,15H,9-10H2,(H,19,21)/t15-/m0/s1. The van der Waals surface area contributed by atoms with E-state index in [4.69, 9.17) is 0 Å². The third-order valence-electron chi connectivity index (χ3n) is 3.67. The van der Waals surface area contributed by atoms with Crippen LogP contribution in [0.15, 0.2) is 59.1 Å². The minimum atomic E-state index is -0.466. The smallest absolute Gasteiger partial charge is 0.251 e. The average molecular weight is 359 g/mol. The summed E-state index contributed by atoms with van der Waals surface area (Å²) in [5.74, 6) is -0.288. The van der Waals surface area contributed by atoms with Gasteiger partial charge in [0.15, 0.2) is 0 Å². The Bertz CT molecular complexity index is 703. The van der Waals surface area contributed by atoms with Crippen molar-refractivity contribution in [2.45, 2.75) is 12.5 Å². The topological polar surface area (TPSA) is 49.4 Å². The number of hydrogen-bond donors (Lipinski definition) is 1. The van der Waals surface area contributed by atoms with Crippen molar-refractivity contribution in [1.29, 1.82) is 0 Å². The Hall–Kier alpha value is -2.14. The molecule has 4 nitrogen and oxygen atoms in total. The van der Waals surface area contributed by atoms with Crippen molar-refractivity contribution in [2.24, 2.45) is 0 Å². The normalized spacial score (nSPS) is 17.6. The van der Waals surface area contributed by atoms with Gasteiger partial charge in [-0.25, -0.2) is 0 Å². The van der Waals surface area contributed by atoms with E-state index in [-0.39, 0.29) is 11.8 Å². The number of benzene rings is 2. The van der Waals surface area contributed by atoms with Crippen LogP contribution in [0.2, 0.25) is 0 Å². The molecular formula is C17H15BrN2O2. The lowest BCUT2D eigenvalue weighted by Gasteiger charge is -2.17. The average Bonchev–Trinajstić information content (AvgIpc) is 2.89. The molecule has 1 saturated heterocycles. The van der Waals surface area contributed by atoms with Crippen molar-refractivity contribution in [3.8, 4) is 0 Å². The van der Waals surface area contributed by atoms with Crippen LogP contribution in [-0.2, 0) is 4.79 Å². The molecule has 2 amide bonds. The first-order valence-electron chi connectivity index (χ1n) is 7.08. The molecule has 2 aromatic carbocycles. The van der Waals surface area contributed by atoms with Gasteiger partial charge in [0.1, 0.15) is 6.04 Å². The summed E-state index contributed by atoms with van der Waals surface area (Å²) >= 11 is 3.34. The molecule has 0 aliphatic carbocycles. The molecule has 1 fully saturated rings. The van der Waals surface area contributed by atoms with Crippen LogP contribution in [0.25, 0.3) is 0 Å². The highest BCUT2D eigenvalue weighted by atomic mass is 79.9. The van der Waals surface area contributed by atoms with Crippen molar-refractivity contribution in [1.82, 2.24) is 5.32 Å². The predicted molar refractivity (Wildman–Crippen MR) is 88.8 cm³/mol. The molecule has 0 spiro atoms. The molecule has 112 valence electrons. The third-order valence-corrected chi connectivity index (χ3v) is 4.16. The van der Waals surface area contributed by atoms with Gasteiger partial charge < -0.3 is 10.2 Å². The number of carbonyl (C=O) groups is 2. The van der Waals surface area contributed by atoms with Crippen LogP contribution in [0.3, 0.4) is 0 Å². The Morgan fingerprint density at radius 2 is 1.91 bits per heavy atom. The number of nitrogens with one attached hydrogen (secondary N) is 1. The van der Waals surface area contributed by atoms with Crippen LogP contribution in [0.5, 0.6) is 0 Å². The van der Waals surface area contributed by atoms with E-state index in [9.17, 15) is 9.59 Å². The molecule has 0 aromatic heterocycles. The Morgan fingerprint density at radius 3 is 2.64 bits per heavy atom. The zero-order valence-corrected chi connectivity index (χ0v) is 13.4. The van der Waals surface area contributed by atoms with E-state index in [2.05, 4.69) is 21.2 Å². The van der Waals surface area contributed by atoms with Crippen molar-refractivity contribution < 1.29 is 9.59 Å². The number of halogens is 1. The zero-order chi connectivity index (χ0) is 15.5. The van der Waals surface area contributed by atoms with Gasteiger partial charge in [0, 0.05) is 22.3 Å². The second-order valence-corrected chi connectivity index (χ2v) is 6.07. The molecule has 1 N–H and O–H groups in total. The van der Waals surface area contributed by atoms with E-state index < -0.39 is 6.04 Å². The van der Waals surface area contributed by atoms with E-state index >= 15 is 0 Å². The van der Waals surface area contributed by atoms with Crippen molar-refractivity contribution in [3.05, 3.63) is 64.6 Å². The predicted octanol–water partition coefficient (Wildman–Crippen LogP) is 2.98. The van der Waals surface area contributed by atoms with Gasteiger partial charge in [-0.3, -0.25) is 9.59 Å². The SMILES string of the molecule is O=C(N[C@H]1CCN(c2ccccc2)C1=O)c1cccc(Br)c1. The first-order chi connectivity index (χ1) is 10.6. The Balaban J connectivity index is 1.70. The van der Waals surface area contributed by atoms with Gasteiger partial charge in [-0.2, -0.15) is 0 Å². The van der Waals surface area contributed by atoms with Gasteiger partial charge in [0.25, 0.3) is 5.91 Å². The van der Waals surface area contributed by atoms with Crippen LogP contribution in [0, 0.1) is 0 Å². The number of hydrogen-bond acceptors (Lipinski definition) is 2. The first kappa shape index (κ1) is 14.8. The van der Waals surface area contributed by atoms with Crippen LogP contribution in [0.1, 0.15) is 16.8 Å². The van der Waals surface area contributed by atoms with Crippen molar-refractivity contribution in [2.75, 3.05) is 11.4 Å². The minimum absolute atomic E-state index is 0.0606. The highest BCUT2D eigenvalue weighted by molar-refractivity contribution is 9.10. The Labute approximate surface area is 137 Å². The highest BCUT2D eigenvalue weighted by Gasteiger charge is 2.33. The number of anilines is 1. The maximum Gasteiger partial charge on any atom is 0.251 e. The number of carbonyl (C=O) groups excluding carboxylic acids is 2. The van der Waals surface area contributed by atoms with E-state index in [0.717, 1.165) is 10.2 Å². The lowest BCUT2D eigenvalue weighted by Crippen LogP contribution is -2.41. The van der Waals surface area contributed by atoms with Crippen molar-refractivity contribution >= 4 is 33.4 Å². The number of para-hydroxylation sites is 1. The Kier molecular flexibility index (Phi) is 4.24. The lowest BCUT2D eigenvalue weighted by molar-refractivity contribution is -0.118. The second-order valence-electron chi connectivity index (χ2n) is 5.15. The maximum absolute atomic E-state index is 12.4. The minimum Gasteiger partial charge on any atom is -0.340 e. The fraction of sp³-hybridized carbons (Fsp3) is 0.176. The molecular weight excluding hydrogens is 344 g/mol.